The lowest BCUT2D eigenvalue weighted by atomic mass is 10.2. The SMILES string of the molecule is Cc1cc(SCc2nn(-c3ccc(C(F)(F)F)cc3)nc2C)ccc1O/C=C\C(=O)O. The molecular formula is C21H18F3N3O3S. The molecule has 0 unspecified atom stereocenters. The van der Waals surface area contributed by atoms with Gasteiger partial charge in [-0.25, -0.2) is 4.79 Å². The highest BCUT2D eigenvalue weighted by molar-refractivity contribution is 7.98. The molecule has 2 aromatic carbocycles. The second kappa shape index (κ2) is 9.25. The Morgan fingerprint density at radius 3 is 2.48 bits per heavy atom. The maximum atomic E-state index is 12.7. The number of aliphatic carboxylic acids is 1. The molecule has 0 spiro atoms. The predicted octanol–water partition coefficient (Wildman–Crippen LogP) is 5.17. The van der Waals surface area contributed by atoms with Crippen LogP contribution in [0.2, 0.25) is 0 Å². The van der Waals surface area contributed by atoms with Gasteiger partial charge in [0.1, 0.15) is 5.75 Å². The third kappa shape index (κ3) is 5.88. The second-order valence-electron chi connectivity index (χ2n) is 6.54. The Labute approximate surface area is 180 Å². The number of carboxylic acid groups (broad SMARTS) is 1. The molecule has 3 aromatic rings. The highest BCUT2D eigenvalue weighted by Crippen LogP contribution is 2.30. The van der Waals surface area contributed by atoms with Crippen LogP contribution in [0.1, 0.15) is 22.5 Å². The molecule has 3 rings (SSSR count). The number of aromatic nitrogens is 3. The summed E-state index contributed by atoms with van der Waals surface area (Å²) in [4.78, 5) is 12.8. The number of nitrogens with zero attached hydrogens (tertiary/aromatic N) is 3. The van der Waals surface area contributed by atoms with E-state index in [2.05, 4.69) is 10.2 Å². The van der Waals surface area contributed by atoms with Crippen LogP contribution in [0.4, 0.5) is 13.2 Å². The summed E-state index contributed by atoms with van der Waals surface area (Å²) in [6.07, 6.45) is -2.37. The number of carbonyl (C=O) groups is 1. The Morgan fingerprint density at radius 1 is 1.16 bits per heavy atom. The molecule has 0 saturated heterocycles. The van der Waals surface area contributed by atoms with Crippen LogP contribution in [0.25, 0.3) is 5.69 Å². The molecule has 0 amide bonds. The van der Waals surface area contributed by atoms with E-state index in [0.29, 0.717) is 28.6 Å². The van der Waals surface area contributed by atoms with Gasteiger partial charge in [0.25, 0.3) is 0 Å². The quantitative estimate of drug-likeness (QED) is 0.305. The first kappa shape index (κ1) is 22.4. The highest BCUT2D eigenvalue weighted by atomic mass is 32.2. The van der Waals surface area contributed by atoms with Crippen LogP contribution in [-0.4, -0.2) is 26.1 Å². The lowest BCUT2D eigenvalue weighted by Crippen LogP contribution is -2.06. The maximum absolute atomic E-state index is 12.7. The molecule has 31 heavy (non-hydrogen) atoms. The number of alkyl halides is 3. The van der Waals surface area contributed by atoms with Gasteiger partial charge in [-0.15, -0.1) is 11.8 Å². The standard InChI is InChI=1S/C21H18F3N3O3S/c1-13-11-17(7-8-19(13)30-10-9-20(28)29)31-12-18-14(2)25-27(26-18)16-5-3-15(4-6-16)21(22,23)24/h3-11H,12H2,1-2H3,(H,28,29)/b10-9-. The van der Waals surface area contributed by atoms with Gasteiger partial charge in [0.2, 0.25) is 0 Å². The molecule has 6 nitrogen and oxygen atoms in total. The van der Waals surface area contributed by atoms with Crippen LogP contribution >= 0.6 is 11.8 Å². The van der Waals surface area contributed by atoms with E-state index in [4.69, 9.17) is 9.84 Å². The number of benzene rings is 2. The summed E-state index contributed by atoms with van der Waals surface area (Å²) >= 11 is 1.52. The van der Waals surface area contributed by atoms with Crippen molar-refractivity contribution in [1.82, 2.24) is 15.0 Å². The zero-order valence-corrected chi connectivity index (χ0v) is 17.4. The molecule has 0 aliphatic rings. The van der Waals surface area contributed by atoms with E-state index in [1.807, 2.05) is 19.1 Å². The van der Waals surface area contributed by atoms with Crippen LogP contribution in [0.3, 0.4) is 0 Å². The Morgan fingerprint density at radius 2 is 1.87 bits per heavy atom. The topological polar surface area (TPSA) is 77.2 Å². The molecule has 1 heterocycles. The summed E-state index contributed by atoms with van der Waals surface area (Å²) in [6, 6.07) is 10.2. The summed E-state index contributed by atoms with van der Waals surface area (Å²) in [5, 5.41) is 17.3. The minimum absolute atomic E-state index is 0.444. The number of hydrogen-bond donors (Lipinski definition) is 1. The molecule has 10 heteroatoms. The van der Waals surface area contributed by atoms with Crippen molar-refractivity contribution >= 4 is 17.7 Å². The van der Waals surface area contributed by atoms with Gasteiger partial charge in [0.15, 0.2) is 0 Å². The van der Waals surface area contributed by atoms with E-state index in [0.717, 1.165) is 34.9 Å². The van der Waals surface area contributed by atoms with Gasteiger partial charge in [-0.3, -0.25) is 0 Å². The molecule has 0 aliphatic heterocycles. The van der Waals surface area contributed by atoms with Gasteiger partial charge in [-0.2, -0.15) is 28.2 Å². The lowest BCUT2D eigenvalue weighted by Gasteiger charge is -2.07. The Hall–Kier alpha value is -3.27. The number of hydrogen-bond acceptors (Lipinski definition) is 5. The molecule has 0 atom stereocenters. The second-order valence-corrected chi connectivity index (χ2v) is 7.59. The summed E-state index contributed by atoms with van der Waals surface area (Å²) < 4.78 is 43.5. The predicted molar refractivity (Wildman–Crippen MR) is 109 cm³/mol. The van der Waals surface area contributed by atoms with Crippen molar-refractivity contribution in [1.29, 1.82) is 0 Å². The number of halogens is 3. The average molecular weight is 449 g/mol. The number of rotatable bonds is 7. The van der Waals surface area contributed by atoms with Crippen molar-refractivity contribution in [3.63, 3.8) is 0 Å². The van der Waals surface area contributed by atoms with Gasteiger partial charge < -0.3 is 9.84 Å². The Bertz CT molecular complexity index is 1110. The van der Waals surface area contributed by atoms with Gasteiger partial charge in [-0.05, 0) is 61.9 Å². The van der Waals surface area contributed by atoms with Crippen molar-refractivity contribution < 1.29 is 27.8 Å². The smallest absolute Gasteiger partial charge is 0.416 e. The van der Waals surface area contributed by atoms with Gasteiger partial charge in [-0.1, -0.05) is 0 Å². The summed E-state index contributed by atoms with van der Waals surface area (Å²) in [5.41, 5.74) is 1.96. The van der Waals surface area contributed by atoms with E-state index < -0.39 is 17.7 Å². The molecule has 0 aliphatic carbocycles. The van der Waals surface area contributed by atoms with Gasteiger partial charge in [0, 0.05) is 10.6 Å². The largest absolute Gasteiger partial charge is 0.478 e. The maximum Gasteiger partial charge on any atom is 0.416 e. The Balaban J connectivity index is 1.67. The van der Waals surface area contributed by atoms with E-state index in [1.165, 1.54) is 28.7 Å². The number of thioether (sulfide) groups is 1. The minimum Gasteiger partial charge on any atom is -0.478 e. The average Bonchev–Trinajstić information content (AvgIpc) is 3.08. The van der Waals surface area contributed by atoms with Crippen LogP contribution < -0.4 is 4.74 Å². The van der Waals surface area contributed by atoms with Gasteiger partial charge in [0.05, 0.1) is 35.0 Å². The van der Waals surface area contributed by atoms with Crippen molar-refractivity contribution in [3.8, 4) is 11.4 Å². The fraction of sp³-hybridized carbons (Fsp3) is 0.190. The minimum atomic E-state index is -4.39. The highest BCUT2D eigenvalue weighted by Gasteiger charge is 2.30. The van der Waals surface area contributed by atoms with E-state index in [9.17, 15) is 18.0 Å². The first-order valence-electron chi connectivity index (χ1n) is 9.03. The normalized spacial score (nSPS) is 11.8. The van der Waals surface area contributed by atoms with Crippen molar-refractivity contribution in [3.05, 3.63) is 77.3 Å². The van der Waals surface area contributed by atoms with Crippen LogP contribution in [0.5, 0.6) is 5.75 Å². The van der Waals surface area contributed by atoms with E-state index in [-0.39, 0.29) is 0 Å². The summed E-state index contributed by atoms with van der Waals surface area (Å²) in [7, 11) is 0. The van der Waals surface area contributed by atoms with Gasteiger partial charge >= 0.3 is 12.1 Å². The van der Waals surface area contributed by atoms with E-state index in [1.54, 1.807) is 13.0 Å². The van der Waals surface area contributed by atoms with Crippen LogP contribution in [-0.2, 0) is 16.7 Å². The van der Waals surface area contributed by atoms with Crippen LogP contribution in [0, 0.1) is 13.8 Å². The fourth-order valence-corrected chi connectivity index (χ4v) is 3.60. The van der Waals surface area contributed by atoms with E-state index >= 15 is 0 Å². The molecular weight excluding hydrogens is 431 g/mol. The molecule has 1 aromatic heterocycles. The zero-order chi connectivity index (χ0) is 22.6. The third-order valence-corrected chi connectivity index (χ3v) is 5.24. The molecule has 0 radical (unpaired) electrons. The number of carboxylic acids is 1. The molecule has 0 bridgehead atoms. The molecule has 0 fully saturated rings. The number of aryl methyl sites for hydroxylation is 2. The molecule has 0 saturated carbocycles. The van der Waals surface area contributed by atoms with Crippen LogP contribution in [0.15, 0.2) is 59.7 Å². The summed E-state index contributed by atoms with van der Waals surface area (Å²) in [6.45, 7) is 3.64. The molecule has 162 valence electrons. The Kier molecular flexibility index (Phi) is 6.69. The first-order valence-corrected chi connectivity index (χ1v) is 10.0. The molecule has 1 N–H and O–H groups in total. The summed E-state index contributed by atoms with van der Waals surface area (Å²) in [5.74, 6) is -0.0267. The fourth-order valence-electron chi connectivity index (χ4n) is 2.60. The van der Waals surface area contributed by atoms with Crippen molar-refractivity contribution in [2.75, 3.05) is 0 Å². The zero-order valence-electron chi connectivity index (χ0n) is 16.6. The third-order valence-electron chi connectivity index (χ3n) is 4.23. The van der Waals surface area contributed by atoms with Crippen molar-refractivity contribution in [2.24, 2.45) is 0 Å². The monoisotopic (exact) mass is 449 g/mol. The lowest BCUT2D eigenvalue weighted by molar-refractivity contribution is -0.137. The first-order chi connectivity index (χ1) is 14.6. The number of ether oxygens (including phenoxy) is 1. The van der Waals surface area contributed by atoms with Crippen molar-refractivity contribution in [2.45, 2.75) is 30.7 Å².